The van der Waals surface area contributed by atoms with Crippen molar-refractivity contribution in [2.45, 2.75) is 70.6 Å². The van der Waals surface area contributed by atoms with Crippen LogP contribution in [0.5, 0.6) is 0 Å². The minimum atomic E-state index is -1.09. The van der Waals surface area contributed by atoms with E-state index in [-0.39, 0.29) is 11.7 Å². The molecule has 10 nitrogen and oxygen atoms in total. The molecule has 0 bridgehead atoms. The molecule has 37 heavy (non-hydrogen) atoms. The molecule has 10 heteroatoms. The Hall–Kier alpha value is -3.76. The molecule has 0 atom stereocenters. The van der Waals surface area contributed by atoms with Crippen molar-refractivity contribution in [3.63, 3.8) is 0 Å². The van der Waals surface area contributed by atoms with Crippen LogP contribution in [-0.4, -0.2) is 41.3 Å². The molecule has 1 aromatic carbocycles. The molecule has 1 amide bonds. The number of aryl methyl sites for hydroxylation is 1. The number of rotatable bonds is 5. The number of nitrogens with one attached hydrogen (secondary N) is 1. The van der Waals surface area contributed by atoms with E-state index in [2.05, 4.69) is 10.4 Å². The van der Waals surface area contributed by atoms with Crippen molar-refractivity contribution in [3.05, 3.63) is 71.1 Å². The van der Waals surface area contributed by atoms with E-state index in [1.165, 1.54) is 6.07 Å². The van der Waals surface area contributed by atoms with Gasteiger partial charge in [0, 0.05) is 42.4 Å². The fraction of sp³-hybridized carbons (Fsp3) is 0.407. The van der Waals surface area contributed by atoms with Crippen LogP contribution in [0.1, 0.15) is 74.2 Å². The quantitative estimate of drug-likeness (QED) is 0.281. The van der Waals surface area contributed by atoms with Gasteiger partial charge in [0.05, 0.1) is 40.3 Å². The summed E-state index contributed by atoms with van der Waals surface area (Å²) in [6.45, 7) is 6.86. The monoisotopic (exact) mass is 504 g/mol. The SMILES string of the molecule is Cc1cccc(C(=O)Nc2cc3cn(C4CCC(C)(O)CC4)nc3cc2-n2cc(C(C)(C)O)cn2)[n+]1[O-]. The third-order valence-corrected chi connectivity index (χ3v) is 7.19. The maximum absolute atomic E-state index is 13.1. The van der Waals surface area contributed by atoms with Gasteiger partial charge in [0.1, 0.15) is 0 Å². The maximum Gasteiger partial charge on any atom is 0.321 e. The van der Waals surface area contributed by atoms with E-state index in [0.29, 0.717) is 40.2 Å². The van der Waals surface area contributed by atoms with Crippen molar-refractivity contribution < 1.29 is 19.7 Å². The Morgan fingerprint density at radius 2 is 1.97 bits per heavy atom. The zero-order valence-electron chi connectivity index (χ0n) is 21.5. The molecule has 1 aliphatic carbocycles. The third-order valence-electron chi connectivity index (χ3n) is 7.19. The Bertz CT molecular complexity index is 1470. The largest absolute Gasteiger partial charge is 0.618 e. The molecule has 5 rings (SSSR count). The molecule has 1 aliphatic rings. The number of amides is 1. The number of pyridine rings is 1. The number of aliphatic hydroxyl groups is 2. The molecule has 3 heterocycles. The number of carbonyl (C=O) groups excluding carboxylic acids is 1. The topological polar surface area (TPSA) is 132 Å². The molecule has 1 saturated carbocycles. The van der Waals surface area contributed by atoms with Gasteiger partial charge in [0.25, 0.3) is 5.69 Å². The lowest BCUT2D eigenvalue weighted by atomic mass is 9.84. The van der Waals surface area contributed by atoms with Gasteiger partial charge < -0.3 is 20.7 Å². The number of hydrogen-bond donors (Lipinski definition) is 3. The number of hydrogen-bond acceptors (Lipinski definition) is 6. The van der Waals surface area contributed by atoms with Crippen LogP contribution in [0.4, 0.5) is 5.69 Å². The van der Waals surface area contributed by atoms with Gasteiger partial charge in [-0.15, -0.1) is 0 Å². The minimum Gasteiger partial charge on any atom is -0.618 e. The lowest BCUT2D eigenvalue weighted by molar-refractivity contribution is -0.614. The average Bonchev–Trinajstić information content (AvgIpc) is 3.47. The van der Waals surface area contributed by atoms with E-state index < -0.39 is 17.1 Å². The first-order valence-corrected chi connectivity index (χ1v) is 12.4. The van der Waals surface area contributed by atoms with E-state index in [9.17, 15) is 20.2 Å². The molecular weight excluding hydrogens is 472 g/mol. The molecule has 3 N–H and O–H groups in total. The van der Waals surface area contributed by atoms with Crippen LogP contribution in [0.15, 0.2) is 48.9 Å². The standard InChI is InChI=1S/C27H32N6O4/c1-17-6-5-7-23(33(17)37)25(34)29-22-12-18-15-31(20-8-10-27(4,36)11-9-20)30-21(18)13-24(22)32-16-19(14-28-32)26(2,3)35/h5-7,12-16,20,35-36H,8-11H2,1-4H3,(H,29,34). The average molecular weight is 505 g/mol. The predicted octanol–water partition coefficient (Wildman–Crippen LogP) is 3.51. The fourth-order valence-electron chi connectivity index (χ4n) is 4.77. The molecule has 194 valence electrons. The van der Waals surface area contributed by atoms with Gasteiger partial charge in [-0.3, -0.25) is 9.48 Å². The van der Waals surface area contributed by atoms with Crippen LogP contribution < -0.4 is 10.0 Å². The zero-order valence-corrected chi connectivity index (χ0v) is 21.5. The van der Waals surface area contributed by atoms with Gasteiger partial charge in [-0.05, 0) is 64.7 Å². The third kappa shape index (κ3) is 4.94. The summed E-state index contributed by atoms with van der Waals surface area (Å²) in [4.78, 5) is 13.1. The lowest BCUT2D eigenvalue weighted by Crippen LogP contribution is -2.39. The summed E-state index contributed by atoms with van der Waals surface area (Å²) in [6.07, 6.45) is 8.29. The summed E-state index contributed by atoms with van der Waals surface area (Å²) in [5.41, 5.74) is 1.01. The molecule has 3 aromatic heterocycles. The van der Waals surface area contributed by atoms with Crippen molar-refractivity contribution in [2.75, 3.05) is 5.32 Å². The van der Waals surface area contributed by atoms with Crippen molar-refractivity contribution >= 4 is 22.5 Å². The highest BCUT2D eigenvalue weighted by molar-refractivity contribution is 6.04. The van der Waals surface area contributed by atoms with Crippen molar-refractivity contribution in [1.82, 2.24) is 19.6 Å². The van der Waals surface area contributed by atoms with E-state index in [1.54, 1.807) is 50.0 Å². The van der Waals surface area contributed by atoms with Gasteiger partial charge in [0.2, 0.25) is 0 Å². The van der Waals surface area contributed by atoms with Crippen LogP contribution in [0.25, 0.3) is 16.6 Å². The minimum absolute atomic E-state index is 0.0198. The van der Waals surface area contributed by atoms with Crippen molar-refractivity contribution in [1.29, 1.82) is 0 Å². The molecule has 1 fully saturated rings. The normalized spacial score (nSPS) is 20.3. The van der Waals surface area contributed by atoms with Crippen LogP contribution in [-0.2, 0) is 5.60 Å². The van der Waals surface area contributed by atoms with Gasteiger partial charge in [-0.2, -0.15) is 14.9 Å². The molecule has 0 radical (unpaired) electrons. The molecule has 0 spiro atoms. The smallest absolute Gasteiger partial charge is 0.321 e. The van der Waals surface area contributed by atoms with Gasteiger partial charge in [-0.25, -0.2) is 4.68 Å². The van der Waals surface area contributed by atoms with E-state index >= 15 is 0 Å². The maximum atomic E-state index is 13.1. The van der Waals surface area contributed by atoms with E-state index in [1.807, 2.05) is 29.9 Å². The molecular formula is C27H32N6O4. The summed E-state index contributed by atoms with van der Waals surface area (Å²) in [5.74, 6) is -0.545. The molecule has 0 unspecified atom stereocenters. The van der Waals surface area contributed by atoms with Gasteiger partial charge >= 0.3 is 5.91 Å². The van der Waals surface area contributed by atoms with Crippen LogP contribution >= 0.6 is 0 Å². The summed E-state index contributed by atoms with van der Waals surface area (Å²) < 4.78 is 4.12. The highest BCUT2D eigenvalue weighted by Gasteiger charge is 2.30. The fourth-order valence-corrected chi connectivity index (χ4v) is 4.77. The van der Waals surface area contributed by atoms with E-state index in [0.717, 1.165) is 23.7 Å². The van der Waals surface area contributed by atoms with Gasteiger partial charge in [0.15, 0.2) is 5.69 Å². The van der Waals surface area contributed by atoms with Crippen LogP contribution in [0.2, 0.25) is 0 Å². The van der Waals surface area contributed by atoms with Crippen LogP contribution in [0.3, 0.4) is 0 Å². The molecule has 0 aliphatic heterocycles. The molecule has 4 aromatic rings. The zero-order chi connectivity index (χ0) is 26.5. The summed E-state index contributed by atoms with van der Waals surface area (Å²) >= 11 is 0. The first-order chi connectivity index (χ1) is 17.4. The van der Waals surface area contributed by atoms with Crippen LogP contribution in [0, 0.1) is 12.1 Å². The second-order valence-electron chi connectivity index (χ2n) is 10.8. The van der Waals surface area contributed by atoms with Gasteiger partial charge in [-0.1, -0.05) is 0 Å². The Labute approximate surface area is 214 Å². The Kier molecular flexibility index (Phi) is 6.04. The highest BCUT2D eigenvalue weighted by Crippen LogP contribution is 2.36. The summed E-state index contributed by atoms with van der Waals surface area (Å²) in [7, 11) is 0. The Morgan fingerprint density at radius 1 is 1.24 bits per heavy atom. The first-order valence-electron chi connectivity index (χ1n) is 12.4. The first kappa shape index (κ1) is 24.9. The number of nitrogens with zero attached hydrogens (tertiary/aromatic N) is 5. The Balaban J connectivity index is 1.56. The number of fused-ring (bicyclic) bond motifs is 1. The second-order valence-corrected chi connectivity index (χ2v) is 10.8. The highest BCUT2D eigenvalue weighted by atomic mass is 16.5. The predicted molar refractivity (Wildman–Crippen MR) is 138 cm³/mol. The molecule has 0 saturated heterocycles. The lowest BCUT2D eigenvalue weighted by Gasteiger charge is -2.33. The summed E-state index contributed by atoms with van der Waals surface area (Å²) in [5, 5.41) is 46.2. The number of carbonyl (C=O) groups is 1. The number of benzene rings is 1. The second kappa shape index (κ2) is 8.97. The number of aromatic nitrogens is 5. The Morgan fingerprint density at radius 3 is 2.65 bits per heavy atom. The number of anilines is 1. The van der Waals surface area contributed by atoms with E-state index in [4.69, 9.17) is 5.10 Å². The van der Waals surface area contributed by atoms with Crippen molar-refractivity contribution in [3.8, 4) is 5.69 Å². The summed E-state index contributed by atoms with van der Waals surface area (Å²) in [6, 6.07) is 8.61. The van der Waals surface area contributed by atoms with Crippen molar-refractivity contribution in [2.24, 2.45) is 0 Å².